The van der Waals surface area contributed by atoms with E-state index in [4.69, 9.17) is 5.26 Å². The summed E-state index contributed by atoms with van der Waals surface area (Å²) in [5.74, 6) is 0.894. The SMILES string of the molecule is CC1C=C(C(C)C)N=C(C#N)C1. The minimum Gasteiger partial charge on any atom is -0.247 e. The highest BCUT2D eigenvalue weighted by Crippen LogP contribution is 2.21. The summed E-state index contributed by atoms with van der Waals surface area (Å²) in [5, 5.41) is 8.70. The molecule has 12 heavy (non-hydrogen) atoms. The fourth-order valence-corrected chi connectivity index (χ4v) is 1.29. The van der Waals surface area contributed by atoms with Crippen LogP contribution in [0, 0.1) is 23.2 Å². The summed E-state index contributed by atoms with van der Waals surface area (Å²) in [7, 11) is 0. The van der Waals surface area contributed by atoms with Crippen LogP contribution in [0.3, 0.4) is 0 Å². The van der Waals surface area contributed by atoms with Gasteiger partial charge in [-0.05, 0) is 11.8 Å². The summed E-state index contributed by atoms with van der Waals surface area (Å²) in [6.07, 6.45) is 2.96. The van der Waals surface area contributed by atoms with Crippen molar-refractivity contribution in [3.8, 4) is 6.07 Å². The third kappa shape index (κ3) is 1.94. The third-order valence-electron chi connectivity index (χ3n) is 1.96. The van der Waals surface area contributed by atoms with Gasteiger partial charge in [-0.25, -0.2) is 4.99 Å². The minimum atomic E-state index is 0.427. The van der Waals surface area contributed by atoms with Crippen LogP contribution in [0.15, 0.2) is 16.8 Å². The number of aliphatic imine (C=N–C) groups is 1. The molecule has 2 nitrogen and oxygen atoms in total. The molecule has 0 aromatic rings. The quantitative estimate of drug-likeness (QED) is 0.583. The molecular formula is C10H14N2. The van der Waals surface area contributed by atoms with Gasteiger partial charge in [0, 0.05) is 12.1 Å². The van der Waals surface area contributed by atoms with Gasteiger partial charge in [0.1, 0.15) is 11.8 Å². The Hall–Kier alpha value is -1.10. The van der Waals surface area contributed by atoms with Gasteiger partial charge < -0.3 is 0 Å². The first-order valence-corrected chi connectivity index (χ1v) is 4.33. The predicted octanol–water partition coefficient (Wildman–Crippen LogP) is 2.53. The Morgan fingerprint density at radius 3 is 2.83 bits per heavy atom. The van der Waals surface area contributed by atoms with E-state index in [0.29, 0.717) is 17.5 Å². The molecule has 1 aliphatic rings. The van der Waals surface area contributed by atoms with Crippen LogP contribution in [0.1, 0.15) is 27.2 Å². The molecule has 0 aromatic heterocycles. The summed E-state index contributed by atoms with van der Waals surface area (Å²) >= 11 is 0. The van der Waals surface area contributed by atoms with Crippen LogP contribution in [0.25, 0.3) is 0 Å². The number of hydrogen-bond acceptors (Lipinski definition) is 2. The van der Waals surface area contributed by atoms with Crippen molar-refractivity contribution in [3.05, 3.63) is 11.8 Å². The first-order valence-electron chi connectivity index (χ1n) is 4.33. The van der Waals surface area contributed by atoms with Gasteiger partial charge in [0.25, 0.3) is 0 Å². The third-order valence-corrected chi connectivity index (χ3v) is 1.96. The highest BCUT2D eigenvalue weighted by Gasteiger charge is 2.14. The molecule has 0 saturated carbocycles. The van der Waals surface area contributed by atoms with Crippen LogP contribution in [0.2, 0.25) is 0 Å². The second-order valence-corrected chi connectivity index (χ2v) is 3.60. The van der Waals surface area contributed by atoms with E-state index in [1.807, 2.05) is 0 Å². The molecule has 0 N–H and O–H groups in total. The lowest BCUT2D eigenvalue weighted by Gasteiger charge is -2.15. The summed E-state index contributed by atoms with van der Waals surface area (Å²) in [4.78, 5) is 4.27. The van der Waals surface area contributed by atoms with Gasteiger partial charge >= 0.3 is 0 Å². The summed E-state index contributed by atoms with van der Waals surface area (Å²) in [5.41, 5.74) is 1.74. The summed E-state index contributed by atoms with van der Waals surface area (Å²) in [6.45, 7) is 6.32. The van der Waals surface area contributed by atoms with Gasteiger partial charge in [0.05, 0.1) is 0 Å². The second-order valence-electron chi connectivity index (χ2n) is 3.60. The van der Waals surface area contributed by atoms with E-state index >= 15 is 0 Å². The molecule has 1 unspecified atom stereocenters. The van der Waals surface area contributed by atoms with Crippen molar-refractivity contribution >= 4 is 5.71 Å². The molecule has 0 aliphatic carbocycles. The highest BCUT2D eigenvalue weighted by molar-refractivity contribution is 5.99. The van der Waals surface area contributed by atoms with E-state index in [-0.39, 0.29) is 0 Å². The molecule has 1 heterocycles. The van der Waals surface area contributed by atoms with E-state index < -0.39 is 0 Å². The first-order chi connectivity index (χ1) is 5.63. The number of nitriles is 1. The van der Waals surface area contributed by atoms with Crippen LogP contribution in [0.4, 0.5) is 0 Å². The van der Waals surface area contributed by atoms with Crippen LogP contribution in [-0.2, 0) is 0 Å². The standard InChI is InChI=1S/C10H14N2/c1-7(2)10-5-8(3)4-9(6-11)12-10/h5,7-8H,4H2,1-3H3. The van der Waals surface area contributed by atoms with Crippen molar-refractivity contribution in [2.24, 2.45) is 16.8 Å². The largest absolute Gasteiger partial charge is 0.247 e. The number of nitrogens with zero attached hydrogens (tertiary/aromatic N) is 2. The van der Waals surface area contributed by atoms with E-state index in [9.17, 15) is 0 Å². The topological polar surface area (TPSA) is 36.1 Å². The van der Waals surface area contributed by atoms with Crippen molar-refractivity contribution in [3.63, 3.8) is 0 Å². The van der Waals surface area contributed by atoms with Crippen molar-refractivity contribution < 1.29 is 0 Å². The summed E-state index contributed by atoms with van der Waals surface area (Å²) in [6, 6.07) is 2.13. The highest BCUT2D eigenvalue weighted by atomic mass is 14.8. The van der Waals surface area contributed by atoms with Crippen molar-refractivity contribution in [1.29, 1.82) is 5.26 Å². The molecule has 0 saturated heterocycles. The van der Waals surface area contributed by atoms with Gasteiger partial charge in [-0.1, -0.05) is 26.8 Å². The normalized spacial score (nSPS) is 23.1. The molecule has 0 radical (unpaired) electrons. The van der Waals surface area contributed by atoms with Gasteiger partial charge in [-0.3, -0.25) is 0 Å². The lowest BCUT2D eigenvalue weighted by atomic mass is 9.96. The zero-order chi connectivity index (χ0) is 9.14. The number of allylic oxidation sites excluding steroid dienone is 2. The average molecular weight is 162 g/mol. The number of rotatable bonds is 1. The first kappa shape index (κ1) is 8.99. The van der Waals surface area contributed by atoms with E-state index in [1.165, 1.54) is 0 Å². The lowest BCUT2D eigenvalue weighted by Crippen LogP contribution is -2.10. The molecule has 0 aromatic carbocycles. The smallest absolute Gasteiger partial charge is 0.118 e. The Bertz CT molecular complexity index is 266. The zero-order valence-corrected chi connectivity index (χ0v) is 7.83. The second kappa shape index (κ2) is 3.53. The van der Waals surface area contributed by atoms with Crippen molar-refractivity contribution in [2.75, 3.05) is 0 Å². The fraction of sp³-hybridized carbons (Fsp3) is 0.600. The maximum atomic E-state index is 8.70. The fourth-order valence-electron chi connectivity index (χ4n) is 1.29. The van der Waals surface area contributed by atoms with Crippen molar-refractivity contribution in [1.82, 2.24) is 0 Å². The molecule has 0 amide bonds. The molecule has 0 spiro atoms. The molecular weight excluding hydrogens is 148 g/mol. The molecule has 1 aliphatic heterocycles. The van der Waals surface area contributed by atoms with E-state index in [2.05, 4.69) is 37.9 Å². The Balaban J connectivity index is 2.88. The van der Waals surface area contributed by atoms with E-state index in [0.717, 1.165) is 12.1 Å². The maximum absolute atomic E-state index is 8.70. The molecule has 2 heteroatoms. The Kier molecular flexibility index (Phi) is 2.65. The van der Waals surface area contributed by atoms with Crippen LogP contribution < -0.4 is 0 Å². The van der Waals surface area contributed by atoms with Crippen LogP contribution in [0.5, 0.6) is 0 Å². The van der Waals surface area contributed by atoms with Gasteiger partial charge in [0.15, 0.2) is 0 Å². The molecule has 64 valence electrons. The number of hydrogen-bond donors (Lipinski definition) is 0. The Morgan fingerprint density at radius 1 is 1.67 bits per heavy atom. The van der Waals surface area contributed by atoms with Crippen LogP contribution >= 0.6 is 0 Å². The summed E-state index contributed by atoms with van der Waals surface area (Å²) < 4.78 is 0. The van der Waals surface area contributed by atoms with Gasteiger partial charge in [0.2, 0.25) is 0 Å². The minimum absolute atomic E-state index is 0.427. The average Bonchev–Trinajstić information content (AvgIpc) is 2.03. The molecule has 1 atom stereocenters. The van der Waals surface area contributed by atoms with Gasteiger partial charge in [-0.15, -0.1) is 0 Å². The van der Waals surface area contributed by atoms with Crippen LogP contribution in [-0.4, -0.2) is 5.71 Å². The Labute approximate surface area is 73.6 Å². The van der Waals surface area contributed by atoms with Crippen molar-refractivity contribution in [2.45, 2.75) is 27.2 Å². The zero-order valence-electron chi connectivity index (χ0n) is 7.83. The maximum Gasteiger partial charge on any atom is 0.118 e. The Morgan fingerprint density at radius 2 is 2.33 bits per heavy atom. The molecule has 0 fully saturated rings. The molecule has 0 bridgehead atoms. The molecule has 1 rings (SSSR count). The predicted molar refractivity (Wildman–Crippen MR) is 49.8 cm³/mol. The van der Waals surface area contributed by atoms with E-state index in [1.54, 1.807) is 0 Å². The monoisotopic (exact) mass is 162 g/mol. The lowest BCUT2D eigenvalue weighted by molar-refractivity contribution is 0.682. The van der Waals surface area contributed by atoms with Gasteiger partial charge in [-0.2, -0.15) is 5.26 Å².